The summed E-state index contributed by atoms with van der Waals surface area (Å²) < 4.78 is 15.0. The molecule has 0 aliphatic heterocycles. The van der Waals surface area contributed by atoms with E-state index in [1.807, 2.05) is 18.3 Å². The highest BCUT2D eigenvalue weighted by Crippen LogP contribution is 2.41. The van der Waals surface area contributed by atoms with Gasteiger partial charge in [0.1, 0.15) is 5.82 Å². The molecule has 0 bridgehead atoms. The Balaban J connectivity index is 1.58. The molecule has 2 aromatic rings. The van der Waals surface area contributed by atoms with Crippen molar-refractivity contribution in [3.63, 3.8) is 0 Å². The van der Waals surface area contributed by atoms with E-state index < -0.39 is 0 Å². The molecule has 0 unspecified atom stereocenters. The van der Waals surface area contributed by atoms with Gasteiger partial charge in [-0.05, 0) is 79.7 Å². The SMILES string of the molecule is CCCCCCCCC1CCC(c2cccnc2-c2ccc(CCCC)cc2F)CC1. The molecule has 0 N–H and O–H groups in total. The number of aryl methyl sites for hydroxylation is 1. The van der Waals surface area contributed by atoms with Gasteiger partial charge in [-0.3, -0.25) is 4.98 Å². The van der Waals surface area contributed by atoms with Gasteiger partial charge >= 0.3 is 0 Å². The van der Waals surface area contributed by atoms with Crippen molar-refractivity contribution in [1.82, 2.24) is 4.98 Å². The molecule has 0 spiro atoms. The van der Waals surface area contributed by atoms with Crippen LogP contribution in [0.4, 0.5) is 4.39 Å². The molecule has 1 aliphatic rings. The van der Waals surface area contributed by atoms with Crippen LogP contribution in [0.3, 0.4) is 0 Å². The number of unbranched alkanes of at least 4 members (excludes halogenated alkanes) is 6. The molecule has 0 atom stereocenters. The maximum Gasteiger partial charge on any atom is 0.132 e. The summed E-state index contributed by atoms with van der Waals surface area (Å²) in [6.07, 6.45) is 19.8. The number of benzene rings is 1. The molecular formula is C29H42FN. The van der Waals surface area contributed by atoms with Gasteiger partial charge < -0.3 is 0 Å². The zero-order valence-corrected chi connectivity index (χ0v) is 19.8. The zero-order valence-electron chi connectivity index (χ0n) is 19.8. The number of rotatable bonds is 12. The van der Waals surface area contributed by atoms with E-state index in [1.54, 1.807) is 6.07 Å². The summed E-state index contributed by atoms with van der Waals surface area (Å²) in [5.41, 5.74) is 3.88. The van der Waals surface area contributed by atoms with E-state index in [9.17, 15) is 4.39 Å². The summed E-state index contributed by atoms with van der Waals surface area (Å²) >= 11 is 0. The van der Waals surface area contributed by atoms with E-state index in [-0.39, 0.29) is 5.82 Å². The van der Waals surface area contributed by atoms with Gasteiger partial charge in [-0.15, -0.1) is 0 Å². The van der Waals surface area contributed by atoms with Crippen LogP contribution in [-0.2, 0) is 6.42 Å². The van der Waals surface area contributed by atoms with Crippen molar-refractivity contribution in [3.05, 3.63) is 53.5 Å². The minimum atomic E-state index is -0.120. The first-order valence-electron chi connectivity index (χ1n) is 13.0. The number of pyridine rings is 1. The van der Waals surface area contributed by atoms with Crippen LogP contribution < -0.4 is 0 Å². The van der Waals surface area contributed by atoms with Crippen molar-refractivity contribution in [2.75, 3.05) is 0 Å². The fraction of sp³-hybridized carbons (Fsp3) is 0.621. The van der Waals surface area contributed by atoms with Crippen molar-refractivity contribution in [2.24, 2.45) is 5.92 Å². The van der Waals surface area contributed by atoms with Gasteiger partial charge in [0.05, 0.1) is 5.69 Å². The van der Waals surface area contributed by atoms with Crippen LogP contribution in [0.25, 0.3) is 11.3 Å². The summed E-state index contributed by atoms with van der Waals surface area (Å²) in [7, 11) is 0. The van der Waals surface area contributed by atoms with Crippen LogP contribution in [0.1, 0.15) is 114 Å². The molecule has 1 fully saturated rings. The molecule has 0 radical (unpaired) electrons. The summed E-state index contributed by atoms with van der Waals surface area (Å²) in [6, 6.07) is 9.97. The lowest BCUT2D eigenvalue weighted by Gasteiger charge is -2.30. The van der Waals surface area contributed by atoms with Crippen molar-refractivity contribution in [2.45, 2.75) is 110 Å². The van der Waals surface area contributed by atoms with E-state index in [2.05, 4.69) is 31.0 Å². The molecule has 0 saturated heterocycles. The second-order valence-corrected chi connectivity index (χ2v) is 9.63. The Kier molecular flexibility index (Phi) is 10.0. The largest absolute Gasteiger partial charge is 0.256 e. The molecule has 1 heterocycles. The Morgan fingerprint density at radius 2 is 1.61 bits per heavy atom. The van der Waals surface area contributed by atoms with Gasteiger partial charge in [0.15, 0.2) is 0 Å². The average molecular weight is 424 g/mol. The summed E-state index contributed by atoms with van der Waals surface area (Å²) in [5, 5.41) is 0. The second kappa shape index (κ2) is 13.0. The first-order chi connectivity index (χ1) is 15.2. The van der Waals surface area contributed by atoms with E-state index in [4.69, 9.17) is 0 Å². The summed E-state index contributed by atoms with van der Waals surface area (Å²) in [6.45, 7) is 4.45. The minimum Gasteiger partial charge on any atom is -0.256 e. The number of halogens is 1. The molecule has 1 saturated carbocycles. The maximum absolute atomic E-state index is 15.0. The molecule has 31 heavy (non-hydrogen) atoms. The Morgan fingerprint density at radius 1 is 0.871 bits per heavy atom. The number of nitrogens with zero attached hydrogens (tertiary/aromatic N) is 1. The maximum atomic E-state index is 15.0. The van der Waals surface area contributed by atoms with Crippen LogP contribution in [0.5, 0.6) is 0 Å². The molecule has 0 amide bonds. The van der Waals surface area contributed by atoms with Crippen LogP contribution in [0.15, 0.2) is 36.5 Å². The molecule has 2 heteroatoms. The van der Waals surface area contributed by atoms with Crippen LogP contribution in [-0.4, -0.2) is 4.98 Å². The molecular weight excluding hydrogens is 381 g/mol. The minimum absolute atomic E-state index is 0.120. The van der Waals surface area contributed by atoms with Crippen molar-refractivity contribution in [3.8, 4) is 11.3 Å². The zero-order chi connectivity index (χ0) is 21.9. The fourth-order valence-corrected chi connectivity index (χ4v) is 5.23. The van der Waals surface area contributed by atoms with Crippen LogP contribution >= 0.6 is 0 Å². The Bertz CT molecular complexity index is 776. The number of hydrogen-bond donors (Lipinski definition) is 0. The molecule has 1 aromatic carbocycles. The lowest BCUT2D eigenvalue weighted by Crippen LogP contribution is -2.14. The summed E-state index contributed by atoms with van der Waals surface area (Å²) in [5.74, 6) is 1.28. The Labute approximate surface area is 189 Å². The molecule has 1 aromatic heterocycles. The van der Waals surface area contributed by atoms with Crippen molar-refractivity contribution in [1.29, 1.82) is 0 Å². The predicted molar refractivity (Wildman–Crippen MR) is 131 cm³/mol. The van der Waals surface area contributed by atoms with Gasteiger partial charge in [-0.2, -0.15) is 0 Å². The highest BCUT2D eigenvalue weighted by molar-refractivity contribution is 5.65. The third kappa shape index (κ3) is 7.16. The van der Waals surface area contributed by atoms with Crippen molar-refractivity contribution >= 4 is 0 Å². The van der Waals surface area contributed by atoms with Gasteiger partial charge in [0.2, 0.25) is 0 Å². The van der Waals surface area contributed by atoms with E-state index >= 15 is 0 Å². The predicted octanol–water partition coefficient (Wildman–Crippen LogP) is 9.25. The van der Waals surface area contributed by atoms with E-state index in [0.29, 0.717) is 11.5 Å². The van der Waals surface area contributed by atoms with Crippen LogP contribution in [0, 0.1) is 11.7 Å². The molecule has 3 rings (SSSR count). The van der Waals surface area contributed by atoms with Gasteiger partial charge in [-0.1, -0.05) is 77.3 Å². The Morgan fingerprint density at radius 3 is 2.35 bits per heavy atom. The van der Waals surface area contributed by atoms with Crippen molar-refractivity contribution < 1.29 is 4.39 Å². The third-order valence-electron chi connectivity index (χ3n) is 7.20. The van der Waals surface area contributed by atoms with Crippen LogP contribution in [0.2, 0.25) is 0 Å². The standard InChI is InChI=1S/C29H42FN/c1-3-5-7-8-9-10-13-23-15-18-25(19-16-23)26-14-11-21-31-29(26)27-20-17-24(12-6-4-2)22-28(27)30/h11,14,17,20-23,25H,3-10,12-13,15-16,18-19H2,1-2H3. The number of aromatic nitrogens is 1. The lowest BCUT2D eigenvalue weighted by atomic mass is 9.76. The normalized spacial score (nSPS) is 18.9. The number of hydrogen-bond acceptors (Lipinski definition) is 1. The first kappa shape index (κ1) is 24.0. The fourth-order valence-electron chi connectivity index (χ4n) is 5.23. The third-order valence-corrected chi connectivity index (χ3v) is 7.20. The van der Waals surface area contributed by atoms with E-state index in [1.165, 1.54) is 76.2 Å². The van der Waals surface area contributed by atoms with Gasteiger partial charge in [-0.25, -0.2) is 4.39 Å². The highest BCUT2D eigenvalue weighted by atomic mass is 19.1. The average Bonchev–Trinajstić information content (AvgIpc) is 2.80. The molecule has 1 aliphatic carbocycles. The quantitative estimate of drug-likeness (QED) is 0.310. The molecule has 1 nitrogen and oxygen atoms in total. The van der Waals surface area contributed by atoms with Gasteiger partial charge in [0, 0.05) is 11.8 Å². The smallest absolute Gasteiger partial charge is 0.132 e. The lowest BCUT2D eigenvalue weighted by molar-refractivity contribution is 0.302. The first-order valence-corrected chi connectivity index (χ1v) is 13.0. The summed E-state index contributed by atoms with van der Waals surface area (Å²) in [4.78, 5) is 4.64. The monoisotopic (exact) mass is 423 g/mol. The molecule has 170 valence electrons. The highest BCUT2D eigenvalue weighted by Gasteiger charge is 2.25. The Hall–Kier alpha value is -1.70. The topological polar surface area (TPSA) is 12.9 Å². The second-order valence-electron chi connectivity index (χ2n) is 9.63. The van der Waals surface area contributed by atoms with E-state index in [0.717, 1.165) is 36.4 Å². The van der Waals surface area contributed by atoms with Gasteiger partial charge in [0.25, 0.3) is 0 Å².